The van der Waals surface area contributed by atoms with Gasteiger partial charge in [0.2, 0.25) is 0 Å². The number of ether oxygens (including phenoxy) is 2. The molecule has 0 saturated carbocycles. The zero-order chi connectivity index (χ0) is 17.9. The van der Waals surface area contributed by atoms with E-state index in [1.54, 1.807) is 0 Å². The van der Waals surface area contributed by atoms with E-state index in [1.165, 1.54) is 0 Å². The van der Waals surface area contributed by atoms with Crippen LogP contribution >= 0.6 is 18.6 Å². The van der Waals surface area contributed by atoms with Crippen LogP contribution in [0, 0.1) is 0 Å². The van der Waals surface area contributed by atoms with Crippen LogP contribution in [0.5, 0.6) is 11.5 Å². The molecule has 0 aliphatic carbocycles. The second-order valence-electron chi connectivity index (χ2n) is 6.15. The molecule has 2 aliphatic heterocycles. The summed E-state index contributed by atoms with van der Waals surface area (Å²) in [4.78, 5) is 12.9. The number of hydrogen-bond donors (Lipinski definition) is 0. The summed E-state index contributed by atoms with van der Waals surface area (Å²) in [6.45, 7) is 0. The number of fused-ring (bicyclic) bond motifs is 6. The van der Waals surface area contributed by atoms with Crippen molar-refractivity contribution >= 4 is 28.4 Å². The Morgan fingerprint density at radius 3 is 1.96 bits per heavy atom. The summed E-state index contributed by atoms with van der Waals surface area (Å²) in [5.41, 5.74) is 1.82. The van der Waals surface area contributed by atoms with Gasteiger partial charge in [0, 0.05) is 0 Å². The quantitative estimate of drug-likeness (QED) is 0.421. The van der Waals surface area contributed by atoms with Gasteiger partial charge in [0.15, 0.2) is 0 Å². The van der Waals surface area contributed by atoms with Crippen LogP contribution in [-0.4, -0.2) is 5.97 Å². The van der Waals surface area contributed by atoms with Crippen molar-refractivity contribution in [3.8, 4) is 11.5 Å². The summed E-state index contributed by atoms with van der Waals surface area (Å²) in [7, 11) is 12.6. The van der Waals surface area contributed by atoms with Crippen molar-refractivity contribution in [2.24, 2.45) is 0 Å². The fourth-order valence-electron chi connectivity index (χ4n) is 3.82. The van der Waals surface area contributed by atoms with Gasteiger partial charge in [0.25, 0.3) is 0 Å². The molecule has 0 bridgehead atoms. The maximum absolute atomic E-state index is 12.9. The molecule has 0 aromatic heterocycles. The first kappa shape index (κ1) is 16.4. The summed E-state index contributed by atoms with van der Waals surface area (Å²) >= 11 is -2.53. The molecule has 3 nitrogen and oxygen atoms in total. The molecule has 6 heteroatoms. The monoisotopic (exact) mass is 417 g/mol. The molecule has 0 radical (unpaired) electrons. The Morgan fingerprint density at radius 2 is 1.35 bits per heavy atom. The van der Waals surface area contributed by atoms with Crippen LogP contribution in [0.3, 0.4) is 0 Å². The molecular weight excluding hydrogens is 407 g/mol. The van der Waals surface area contributed by atoms with E-state index in [-0.39, 0.29) is 0 Å². The van der Waals surface area contributed by atoms with Crippen LogP contribution in [0.1, 0.15) is 27.0 Å². The molecule has 0 atom stereocenters. The molecule has 2 heterocycles. The van der Waals surface area contributed by atoms with Gasteiger partial charge in [-0.15, -0.1) is 0 Å². The molecule has 127 valence electrons. The molecule has 0 N–H and O–H groups in total. The van der Waals surface area contributed by atoms with Gasteiger partial charge in [-0.25, -0.2) is 0 Å². The van der Waals surface area contributed by atoms with Crippen molar-refractivity contribution in [3.05, 3.63) is 89.0 Å². The summed E-state index contributed by atoms with van der Waals surface area (Å²) in [6.07, 6.45) is 0. The van der Waals surface area contributed by atoms with E-state index in [2.05, 4.69) is 0 Å². The third-order valence-electron chi connectivity index (χ3n) is 4.85. The molecule has 0 unspecified atom stereocenters. The number of carbonyl (C=O) groups excluding carboxylic acids is 1. The predicted octanol–water partition coefficient (Wildman–Crippen LogP) is 4.81. The molecule has 3 aromatic rings. The Labute approximate surface area is 164 Å². The summed E-state index contributed by atoms with van der Waals surface area (Å²) in [5, 5.41) is 0. The number of benzene rings is 3. The van der Waals surface area contributed by atoms with E-state index in [4.69, 9.17) is 28.1 Å². The number of esters is 1. The van der Waals surface area contributed by atoms with E-state index < -0.39 is 27.3 Å². The Morgan fingerprint density at radius 1 is 0.769 bits per heavy atom. The minimum atomic E-state index is -2.53. The zero-order valence-electron chi connectivity index (χ0n) is 13.3. The SMILES string of the molecule is O=C1OC2(c3ccccc3Oc3ccccc32)c2ccc[c]([Ti]([Cl])[Cl])c21. The molecule has 0 fully saturated rings. The Hall–Kier alpha value is -1.78. The van der Waals surface area contributed by atoms with Gasteiger partial charge in [0.05, 0.1) is 0 Å². The molecular formula is C20H11Cl2O3Ti. The third kappa shape index (κ3) is 2.09. The maximum atomic E-state index is 12.9. The first-order valence-corrected chi connectivity index (χ1v) is 13.1. The van der Waals surface area contributed by atoms with E-state index in [0.29, 0.717) is 20.9 Å². The number of carbonyl (C=O) groups is 1. The average Bonchev–Trinajstić information content (AvgIpc) is 2.96. The van der Waals surface area contributed by atoms with E-state index in [1.807, 2.05) is 66.7 Å². The molecule has 5 rings (SSSR count). The number of para-hydroxylation sites is 2. The van der Waals surface area contributed by atoms with Crippen LogP contribution < -0.4 is 8.61 Å². The van der Waals surface area contributed by atoms with Crippen molar-refractivity contribution in [2.45, 2.75) is 5.60 Å². The fraction of sp³-hybridized carbons (Fsp3) is 0.0500. The van der Waals surface area contributed by atoms with Crippen LogP contribution in [0.4, 0.5) is 0 Å². The second kappa shape index (κ2) is 5.87. The van der Waals surface area contributed by atoms with Crippen LogP contribution in [0.2, 0.25) is 0 Å². The third-order valence-corrected chi connectivity index (χ3v) is 7.82. The van der Waals surface area contributed by atoms with Gasteiger partial charge in [-0.2, -0.15) is 0 Å². The van der Waals surface area contributed by atoms with Crippen molar-refractivity contribution in [2.75, 3.05) is 0 Å². The van der Waals surface area contributed by atoms with Gasteiger partial charge in [0.1, 0.15) is 0 Å². The van der Waals surface area contributed by atoms with Gasteiger partial charge in [-0.1, -0.05) is 0 Å². The zero-order valence-corrected chi connectivity index (χ0v) is 16.4. The van der Waals surface area contributed by atoms with Crippen LogP contribution in [-0.2, 0) is 26.1 Å². The fourth-order valence-corrected chi connectivity index (χ4v) is 6.14. The van der Waals surface area contributed by atoms with Crippen LogP contribution in [0.15, 0.2) is 66.7 Å². The number of halogens is 2. The van der Waals surface area contributed by atoms with E-state index in [0.717, 1.165) is 16.7 Å². The molecule has 26 heavy (non-hydrogen) atoms. The Balaban J connectivity index is 1.91. The molecule has 2 aliphatic rings. The van der Waals surface area contributed by atoms with Crippen molar-refractivity contribution < 1.29 is 30.0 Å². The number of rotatable bonds is 1. The predicted molar refractivity (Wildman–Crippen MR) is 96.0 cm³/mol. The van der Waals surface area contributed by atoms with E-state index >= 15 is 0 Å². The molecule has 0 saturated heterocycles. The van der Waals surface area contributed by atoms with Crippen molar-refractivity contribution in [1.82, 2.24) is 0 Å². The topological polar surface area (TPSA) is 35.5 Å². The van der Waals surface area contributed by atoms with E-state index in [9.17, 15) is 4.79 Å². The van der Waals surface area contributed by atoms with Crippen LogP contribution in [0.25, 0.3) is 0 Å². The summed E-state index contributed by atoms with van der Waals surface area (Å²) in [6, 6.07) is 20.9. The molecule has 3 aromatic carbocycles. The molecule has 0 amide bonds. The van der Waals surface area contributed by atoms with Gasteiger partial charge in [-0.3, -0.25) is 0 Å². The summed E-state index contributed by atoms with van der Waals surface area (Å²) in [5.74, 6) is 0.948. The standard InChI is InChI=1S/C20H11O3.2ClH.Ti/c21-19-13-7-1-2-8-14(13)20(23-19)15-9-3-5-11-17(15)22-18-12-6-4-10-16(18)20;;;/h1-6,8-12H;2*1H;/q;;;+2/p-2. The van der Waals surface area contributed by atoms with Gasteiger partial charge >= 0.3 is 165 Å². The first-order chi connectivity index (χ1) is 12.6. The van der Waals surface area contributed by atoms with Gasteiger partial charge in [-0.05, 0) is 0 Å². The Kier molecular flexibility index (Phi) is 3.70. The van der Waals surface area contributed by atoms with Crippen molar-refractivity contribution in [3.63, 3.8) is 0 Å². The summed E-state index contributed by atoms with van der Waals surface area (Å²) < 4.78 is 12.9. The minimum absolute atomic E-state index is 0.395. The second-order valence-corrected chi connectivity index (χ2v) is 11.7. The molecule has 1 spiro atoms. The Bertz CT molecular complexity index is 1020. The van der Waals surface area contributed by atoms with Crippen molar-refractivity contribution in [1.29, 1.82) is 0 Å². The first-order valence-electron chi connectivity index (χ1n) is 8.05. The normalized spacial score (nSPS) is 15.5. The van der Waals surface area contributed by atoms with Gasteiger partial charge < -0.3 is 0 Å². The number of hydrogen-bond acceptors (Lipinski definition) is 3. The average molecular weight is 418 g/mol.